The van der Waals surface area contributed by atoms with Crippen LogP contribution in [0.2, 0.25) is 0 Å². The van der Waals surface area contributed by atoms with Gasteiger partial charge in [-0.25, -0.2) is 0 Å². The Labute approximate surface area is 91.4 Å². The Kier molecular flexibility index (Phi) is 3.44. The number of aryl methyl sites for hydroxylation is 1. The molecule has 0 saturated carbocycles. The van der Waals surface area contributed by atoms with E-state index in [0.29, 0.717) is 6.10 Å². The number of nitrogens with one attached hydrogen (secondary N) is 1. The molecule has 1 atom stereocenters. The first-order valence-electron chi connectivity index (χ1n) is 5.71. The molecule has 2 rings (SSSR count). The molecule has 0 bridgehead atoms. The third kappa shape index (κ3) is 2.61. The second-order valence-electron chi connectivity index (χ2n) is 4.29. The van der Waals surface area contributed by atoms with Crippen molar-refractivity contribution in [3.05, 3.63) is 23.5 Å². The van der Waals surface area contributed by atoms with Gasteiger partial charge in [-0.3, -0.25) is 0 Å². The predicted octanol–water partition coefficient (Wildman–Crippen LogP) is 1.60. The van der Waals surface area contributed by atoms with Gasteiger partial charge >= 0.3 is 0 Å². The summed E-state index contributed by atoms with van der Waals surface area (Å²) in [7, 11) is 2.11. The minimum atomic E-state index is 0.436. The zero-order chi connectivity index (χ0) is 10.7. The van der Waals surface area contributed by atoms with Gasteiger partial charge in [0, 0.05) is 38.1 Å². The molecule has 0 spiro atoms. The van der Waals surface area contributed by atoms with Crippen molar-refractivity contribution in [3.8, 4) is 0 Å². The molecule has 3 heteroatoms. The molecule has 3 nitrogen and oxygen atoms in total. The molecule has 1 aromatic heterocycles. The lowest BCUT2D eigenvalue weighted by molar-refractivity contribution is 0.110. The van der Waals surface area contributed by atoms with Crippen molar-refractivity contribution < 1.29 is 4.74 Å². The zero-order valence-electron chi connectivity index (χ0n) is 9.62. The second-order valence-corrected chi connectivity index (χ2v) is 4.29. The maximum absolute atomic E-state index is 5.56. The zero-order valence-corrected chi connectivity index (χ0v) is 9.62. The van der Waals surface area contributed by atoms with Crippen molar-refractivity contribution in [1.82, 2.24) is 9.88 Å². The number of ether oxygens (including phenoxy) is 1. The molecule has 1 N–H and O–H groups in total. The molecule has 0 amide bonds. The highest BCUT2D eigenvalue weighted by Gasteiger charge is 2.14. The third-order valence-electron chi connectivity index (χ3n) is 3.18. The minimum absolute atomic E-state index is 0.436. The largest absolute Gasteiger partial charge is 0.377 e. The molecule has 1 saturated heterocycles. The van der Waals surface area contributed by atoms with E-state index in [4.69, 9.17) is 4.74 Å². The molecule has 1 aliphatic rings. The number of nitrogens with zero attached hydrogens (tertiary/aromatic N) is 1. The molecule has 2 heterocycles. The van der Waals surface area contributed by atoms with Crippen molar-refractivity contribution in [3.63, 3.8) is 0 Å². The standard InChI is InChI=1S/C12H20N2O/c1-10-5-6-11(14(10)2)8-13-9-12-4-3-7-15-12/h5-6,12-13H,3-4,7-9H2,1-2H3. The third-order valence-corrected chi connectivity index (χ3v) is 3.18. The molecule has 1 aliphatic heterocycles. The van der Waals surface area contributed by atoms with Crippen LogP contribution in [-0.4, -0.2) is 23.8 Å². The van der Waals surface area contributed by atoms with Crippen LogP contribution < -0.4 is 5.32 Å². The topological polar surface area (TPSA) is 26.2 Å². The molecule has 0 aliphatic carbocycles. The summed E-state index contributed by atoms with van der Waals surface area (Å²) in [6.45, 7) is 4.98. The summed E-state index contributed by atoms with van der Waals surface area (Å²) in [5, 5.41) is 3.45. The van der Waals surface area contributed by atoms with Gasteiger partial charge in [0.2, 0.25) is 0 Å². The first-order chi connectivity index (χ1) is 7.27. The highest BCUT2D eigenvalue weighted by molar-refractivity contribution is 5.14. The normalized spacial score (nSPS) is 21.1. The van der Waals surface area contributed by atoms with Crippen LogP contribution in [0.4, 0.5) is 0 Å². The maximum Gasteiger partial charge on any atom is 0.0700 e. The summed E-state index contributed by atoms with van der Waals surface area (Å²) in [5.74, 6) is 0. The van der Waals surface area contributed by atoms with Crippen LogP contribution in [0.3, 0.4) is 0 Å². The van der Waals surface area contributed by atoms with Crippen molar-refractivity contribution in [2.45, 2.75) is 32.4 Å². The van der Waals surface area contributed by atoms with E-state index in [1.54, 1.807) is 0 Å². The molecule has 1 unspecified atom stereocenters. The molecule has 84 valence electrons. The second kappa shape index (κ2) is 4.81. The van der Waals surface area contributed by atoms with Crippen molar-refractivity contribution >= 4 is 0 Å². The average molecular weight is 208 g/mol. The lowest BCUT2D eigenvalue weighted by atomic mass is 10.2. The van der Waals surface area contributed by atoms with E-state index in [0.717, 1.165) is 19.7 Å². The smallest absolute Gasteiger partial charge is 0.0700 e. The van der Waals surface area contributed by atoms with Gasteiger partial charge in [0.25, 0.3) is 0 Å². The van der Waals surface area contributed by atoms with Crippen molar-refractivity contribution in [1.29, 1.82) is 0 Å². The minimum Gasteiger partial charge on any atom is -0.377 e. The van der Waals surface area contributed by atoms with Crippen LogP contribution in [0.5, 0.6) is 0 Å². The van der Waals surface area contributed by atoms with Gasteiger partial charge in [-0.1, -0.05) is 0 Å². The fraction of sp³-hybridized carbons (Fsp3) is 0.667. The quantitative estimate of drug-likeness (QED) is 0.813. The van der Waals surface area contributed by atoms with E-state index in [-0.39, 0.29) is 0 Å². The Morgan fingerprint density at radius 3 is 3.00 bits per heavy atom. The average Bonchev–Trinajstić information content (AvgIpc) is 2.83. The summed E-state index contributed by atoms with van der Waals surface area (Å²) >= 11 is 0. The van der Waals surface area contributed by atoms with Crippen LogP contribution in [0, 0.1) is 6.92 Å². The van der Waals surface area contributed by atoms with E-state index in [9.17, 15) is 0 Å². The van der Waals surface area contributed by atoms with Crippen LogP contribution in [0.15, 0.2) is 12.1 Å². The van der Waals surface area contributed by atoms with Gasteiger partial charge in [0.15, 0.2) is 0 Å². The van der Waals surface area contributed by atoms with Gasteiger partial charge in [-0.2, -0.15) is 0 Å². The van der Waals surface area contributed by atoms with Crippen LogP contribution >= 0.6 is 0 Å². The Hall–Kier alpha value is -0.800. The van der Waals surface area contributed by atoms with Crippen LogP contribution in [0.1, 0.15) is 24.2 Å². The van der Waals surface area contributed by atoms with E-state index < -0.39 is 0 Å². The molecule has 1 fully saturated rings. The molecule has 0 radical (unpaired) electrons. The summed E-state index contributed by atoms with van der Waals surface area (Å²) in [4.78, 5) is 0. The lowest BCUT2D eigenvalue weighted by Gasteiger charge is -2.11. The Balaban J connectivity index is 1.75. The van der Waals surface area contributed by atoms with Gasteiger partial charge in [0.1, 0.15) is 0 Å². The van der Waals surface area contributed by atoms with Gasteiger partial charge in [-0.15, -0.1) is 0 Å². The Morgan fingerprint density at radius 1 is 1.53 bits per heavy atom. The van der Waals surface area contributed by atoms with Crippen LogP contribution in [-0.2, 0) is 18.3 Å². The highest BCUT2D eigenvalue weighted by atomic mass is 16.5. The van der Waals surface area contributed by atoms with Gasteiger partial charge in [0.05, 0.1) is 6.10 Å². The SMILES string of the molecule is Cc1ccc(CNCC2CCCO2)n1C. The van der Waals surface area contributed by atoms with E-state index in [1.165, 1.54) is 24.2 Å². The Morgan fingerprint density at radius 2 is 2.40 bits per heavy atom. The summed E-state index contributed by atoms with van der Waals surface area (Å²) < 4.78 is 7.78. The summed E-state index contributed by atoms with van der Waals surface area (Å²) in [6.07, 6.45) is 2.86. The monoisotopic (exact) mass is 208 g/mol. The van der Waals surface area contributed by atoms with E-state index in [1.807, 2.05) is 0 Å². The first kappa shape index (κ1) is 10.7. The predicted molar refractivity (Wildman–Crippen MR) is 60.8 cm³/mol. The molecular weight excluding hydrogens is 188 g/mol. The summed E-state index contributed by atoms with van der Waals surface area (Å²) in [6, 6.07) is 4.33. The highest BCUT2D eigenvalue weighted by Crippen LogP contribution is 2.11. The molecule has 15 heavy (non-hydrogen) atoms. The molecular formula is C12H20N2O. The number of rotatable bonds is 4. The van der Waals surface area contributed by atoms with Gasteiger partial charge < -0.3 is 14.6 Å². The Bertz CT molecular complexity index is 313. The van der Waals surface area contributed by atoms with Crippen molar-refractivity contribution in [2.75, 3.05) is 13.2 Å². The number of hydrogen-bond acceptors (Lipinski definition) is 2. The molecule has 0 aromatic carbocycles. The summed E-state index contributed by atoms with van der Waals surface area (Å²) in [5.41, 5.74) is 2.65. The van der Waals surface area contributed by atoms with E-state index >= 15 is 0 Å². The number of hydrogen-bond donors (Lipinski definition) is 1. The fourth-order valence-corrected chi connectivity index (χ4v) is 2.01. The van der Waals surface area contributed by atoms with Crippen LogP contribution in [0.25, 0.3) is 0 Å². The first-order valence-corrected chi connectivity index (χ1v) is 5.71. The van der Waals surface area contributed by atoms with Crippen molar-refractivity contribution in [2.24, 2.45) is 7.05 Å². The number of aromatic nitrogens is 1. The molecule has 1 aromatic rings. The van der Waals surface area contributed by atoms with Gasteiger partial charge in [-0.05, 0) is 31.9 Å². The lowest BCUT2D eigenvalue weighted by Crippen LogP contribution is -2.26. The maximum atomic E-state index is 5.56. The van der Waals surface area contributed by atoms with E-state index in [2.05, 4.69) is 36.0 Å². The fourth-order valence-electron chi connectivity index (χ4n) is 2.01.